The molecule has 2 aromatic heterocycles. The lowest BCUT2D eigenvalue weighted by molar-refractivity contribution is -0.384. The maximum Gasteiger partial charge on any atom is 0.281 e. The smallest absolute Gasteiger partial charge is 0.281 e. The fourth-order valence-corrected chi connectivity index (χ4v) is 2.84. The molecule has 9 heteroatoms. The van der Waals surface area contributed by atoms with Crippen LogP contribution < -0.4 is 5.32 Å². The zero-order valence-corrected chi connectivity index (χ0v) is 13.9. The quantitative estimate of drug-likeness (QED) is 0.542. The van der Waals surface area contributed by atoms with Gasteiger partial charge in [0.2, 0.25) is 0 Å². The molecule has 0 saturated heterocycles. The lowest BCUT2D eigenvalue weighted by Gasteiger charge is -2.00. The number of nitrogens with zero attached hydrogens (tertiary/aromatic N) is 2. The molecule has 0 saturated carbocycles. The van der Waals surface area contributed by atoms with E-state index in [4.69, 9.17) is 16.0 Å². The minimum Gasteiger partial charge on any atom is -0.460 e. The molecule has 0 spiro atoms. The second-order valence-corrected chi connectivity index (χ2v) is 6.12. The molecule has 0 aliphatic heterocycles. The van der Waals surface area contributed by atoms with Crippen LogP contribution in [0.25, 0.3) is 11.3 Å². The first-order valence-corrected chi connectivity index (χ1v) is 7.97. The van der Waals surface area contributed by atoms with Crippen molar-refractivity contribution in [2.75, 3.05) is 5.32 Å². The molecule has 0 atom stereocenters. The van der Waals surface area contributed by atoms with Crippen molar-refractivity contribution >= 4 is 39.7 Å². The zero-order valence-electron chi connectivity index (χ0n) is 12.3. The third kappa shape index (κ3) is 3.15. The van der Waals surface area contributed by atoms with E-state index in [1.165, 1.54) is 35.6 Å². The summed E-state index contributed by atoms with van der Waals surface area (Å²) in [5, 5.41) is 16.3. The standard InChI is InChI=1S/C15H10ClN3O4S/c1-8-11(14(20)18-15-17-4-5-24-15)7-13(23-8)10-3-2-9(16)6-12(10)19(21)22/h2-7H,1H3,(H,17,18,20). The van der Waals surface area contributed by atoms with E-state index < -0.39 is 10.8 Å². The molecule has 0 unspecified atom stereocenters. The fourth-order valence-electron chi connectivity index (χ4n) is 2.15. The van der Waals surface area contributed by atoms with E-state index in [0.29, 0.717) is 10.9 Å². The van der Waals surface area contributed by atoms with Crippen molar-refractivity contribution in [3.63, 3.8) is 0 Å². The minimum absolute atomic E-state index is 0.192. The molecule has 1 aromatic carbocycles. The summed E-state index contributed by atoms with van der Waals surface area (Å²) in [6.07, 6.45) is 1.57. The van der Waals surface area contributed by atoms with Gasteiger partial charge in [0.25, 0.3) is 11.6 Å². The number of aryl methyl sites for hydroxylation is 1. The second-order valence-electron chi connectivity index (χ2n) is 4.79. The summed E-state index contributed by atoms with van der Waals surface area (Å²) in [7, 11) is 0. The molecule has 0 radical (unpaired) electrons. The molecular weight excluding hydrogens is 354 g/mol. The Bertz CT molecular complexity index is 921. The number of rotatable bonds is 4. The molecule has 3 aromatic rings. The van der Waals surface area contributed by atoms with E-state index in [2.05, 4.69) is 10.3 Å². The summed E-state index contributed by atoms with van der Waals surface area (Å²) >= 11 is 7.10. The number of benzene rings is 1. The second kappa shape index (κ2) is 6.42. The molecule has 0 aliphatic rings. The molecule has 122 valence electrons. The topological polar surface area (TPSA) is 98.3 Å². The van der Waals surface area contributed by atoms with Gasteiger partial charge in [0, 0.05) is 22.7 Å². The zero-order chi connectivity index (χ0) is 17.3. The van der Waals surface area contributed by atoms with Crippen molar-refractivity contribution in [1.82, 2.24) is 4.98 Å². The molecule has 0 bridgehead atoms. The third-order valence-corrected chi connectivity index (χ3v) is 4.16. The van der Waals surface area contributed by atoms with Gasteiger partial charge in [0.1, 0.15) is 11.5 Å². The van der Waals surface area contributed by atoms with Crippen molar-refractivity contribution in [2.24, 2.45) is 0 Å². The number of hydrogen-bond donors (Lipinski definition) is 1. The van der Waals surface area contributed by atoms with Crippen LogP contribution in [0.3, 0.4) is 0 Å². The number of carbonyl (C=O) groups is 1. The van der Waals surface area contributed by atoms with Crippen LogP contribution in [0.15, 0.2) is 40.3 Å². The van der Waals surface area contributed by atoms with Crippen molar-refractivity contribution < 1.29 is 14.1 Å². The van der Waals surface area contributed by atoms with Gasteiger partial charge in [-0.05, 0) is 25.1 Å². The fraction of sp³-hybridized carbons (Fsp3) is 0.0667. The molecule has 7 nitrogen and oxygen atoms in total. The third-order valence-electron chi connectivity index (χ3n) is 3.24. The summed E-state index contributed by atoms with van der Waals surface area (Å²) in [4.78, 5) is 26.9. The lowest BCUT2D eigenvalue weighted by atomic mass is 10.1. The Hall–Kier alpha value is -2.71. The minimum atomic E-state index is -0.547. The number of anilines is 1. The van der Waals surface area contributed by atoms with E-state index in [1.807, 2.05) is 0 Å². The average molecular weight is 364 g/mol. The average Bonchev–Trinajstić information content (AvgIpc) is 3.16. The summed E-state index contributed by atoms with van der Waals surface area (Å²) in [6, 6.07) is 5.72. The highest BCUT2D eigenvalue weighted by Gasteiger charge is 2.22. The number of furan rings is 1. The summed E-state index contributed by atoms with van der Waals surface area (Å²) in [5.74, 6) is 0.178. The van der Waals surface area contributed by atoms with Gasteiger partial charge in [-0.1, -0.05) is 11.6 Å². The largest absolute Gasteiger partial charge is 0.460 e. The Morgan fingerprint density at radius 3 is 2.88 bits per heavy atom. The molecular formula is C15H10ClN3O4S. The number of nitrogens with one attached hydrogen (secondary N) is 1. The Morgan fingerprint density at radius 2 is 2.21 bits per heavy atom. The summed E-state index contributed by atoms with van der Waals surface area (Å²) < 4.78 is 5.55. The first kappa shape index (κ1) is 16.2. The Morgan fingerprint density at radius 1 is 1.42 bits per heavy atom. The number of nitro groups is 1. The number of halogens is 1. The Kier molecular flexibility index (Phi) is 4.32. The van der Waals surface area contributed by atoms with Gasteiger partial charge in [-0.3, -0.25) is 20.2 Å². The molecule has 3 rings (SSSR count). The van der Waals surface area contributed by atoms with E-state index >= 15 is 0 Å². The lowest BCUT2D eigenvalue weighted by Crippen LogP contribution is -2.11. The molecule has 24 heavy (non-hydrogen) atoms. The van der Waals surface area contributed by atoms with E-state index in [9.17, 15) is 14.9 Å². The van der Waals surface area contributed by atoms with Gasteiger partial charge in [-0.2, -0.15) is 0 Å². The van der Waals surface area contributed by atoms with Crippen LogP contribution >= 0.6 is 22.9 Å². The number of nitro benzene ring substituents is 1. The first-order chi connectivity index (χ1) is 11.5. The molecule has 0 fully saturated rings. The van der Waals surface area contributed by atoms with Gasteiger partial charge < -0.3 is 4.42 Å². The number of hydrogen-bond acceptors (Lipinski definition) is 6. The van der Waals surface area contributed by atoms with Crippen LogP contribution in [0.2, 0.25) is 5.02 Å². The maximum atomic E-state index is 12.3. The molecule has 2 heterocycles. The summed E-state index contributed by atoms with van der Waals surface area (Å²) in [5.41, 5.74) is 0.341. The predicted octanol–water partition coefficient (Wildman–Crippen LogP) is 4.53. The van der Waals surface area contributed by atoms with E-state index in [-0.39, 0.29) is 27.6 Å². The Balaban J connectivity index is 1.97. The summed E-state index contributed by atoms with van der Waals surface area (Å²) in [6.45, 7) is 1.61. The van der Waals surface area contributed by atoms with Crippen LogP contribution in [0.1, 0.15) is 16.1 Å². The Labute approximate surface area is 145 Å². The number of thiazole rings is 1. The highest BCUT2D eigenvalue weighted by Crippen LogP contribution is 2.34. The predicted molar refractivity (Wildman–Crippen MR) is 90.6 cm³/mol. The van der Waals surface area contributed by atoms with Crippen molar-refractivity contribution in [1.29, 1.82) is 0 Å². The maximum absolute atomic E-state index is 12.3. The number of amides is 1. The van der Waals surface area contributed by atoms with Crippen molar-refractivity contribution in [2.45, 2.75) is 6.92 Å². The van der Waals surface area contributed by atoms with Gasteiger partial charge in [0.15, 0.2) is 5.13 Å². The van der Waals surface area contributed by atoms with Gasteiger partial charge in [-0.15, -0.1) is 11.3 Å². The highest BCUT2D eigenvalue weighted by molar-refractivity contribution is 7.13. The van der Waals surface area contributed by atoms with E-state index in [1.54, 1.807) is 18.5 Å². The number of carbonyl (C=O) groups excluding carboxylic acids is 1. The van der Waals surface area contributed by atoms with Crippen LogP contribution in [0.4, 0.5) is 10.8 Å². The van der Waals surface area contributed by atoms with Crippen LogP contribution in [-0.4, -0.2) is 15.8 Å². The molecule has 0 aliphatic carbocycles. The van der Waals surface area contributed by atoms with E-state index in [0.717, 1.165) is 0 Å². The van der Waals surface area contributed by atoms with Crippen LogP contribution in [0.5, 0.6) is 0 Å². The highest BCUT2D eigenvalue weighted by atomic mass is 35.5. The first-order valence-electron chi connectivity index (χ1n) is 6.71. The van der Waals surface area contributed by atoms with Gasteiger partial charge in [0.05, 0.1) is 16.1 Å². The van der Waals surface area contributed by atoms with Crippen molar-refractivity contribution in [3.8, 4) is 11.3 Å². The van der Waals surface area contributed by atoms with Gasteiger partial charge >= 0.3 is 0 Å². The van der Waals surface area contributed by atoms with Gasteiger partial charge in [-0.25, -0.2) is 4.98 Å². The number of aromatic nitrogens is 1. The van der Waals surface area contributed by atoms with Crippen LogP contribution in [-0.2, 0) is 0 Å². The molecule has 1 amide bonds. The monoisotopic (exact) mass is 363 g/mol. The van der Waals surface area contributed by atoms with Crippen molar-refractivity contribution in [3.05, 3.63) is 62.3 Å². The SMILES string of the molecule is Cc1oc(-c2ccc(Cl)cc2[N+](=O)[O-])cc1C(=O)Nc1nccs1. The van der Waals surface area contributed by atoms with Crippen LogP contribution in [0, 0.1) is 17.0 Å². The molecule has 1 N–H and O–H groups in total. The normalized spacial score (nSPS) is 10.6.